The number of sulfonamides is 1. The number of aliphatic carboxylic acids is 1. The number of carboxylic acids is 1. The molecule has 11 nitrogen and oxygen atoms in total. The lowest BCUT2D eigenvalue weighted by molar-refractivity contribution is -0.146. The highest BCUT2D eigenvalue weighted by Gasteiger charge is 2.45. The van der Waals surface area contributed by atoms with Gasteiger partial charge in [-0.15, -0.1) is 11.3 Å². The van der Waals surface area contributed by atoms with Gasteiger partial charge in [-0.2, -0.15) is 0 Å². The Labute approximate surface area is 177 Å². The molecule has 1 aromatic heterocycles. The number of carboxylic acid groups (broad SMARTS) is 1. The van der Waals surface area contributed by atoms with Gasteiger partial charge in [0.05, 0.1) is 18.7 Å². The van der Waals surface area contributed by atoms with Crippen molar-refractivity contribution < 1.29 is 43.2 Å². The van der Waals surface area contributed by atoms with Gasteiger partial charge in [0, 0.05) is 5.92 Å². The van der Waals surface area contributed by atoms with Crippen LogP contribution >= 0.6 is 11.3 Å². The van der Waals surface area contributed by atoms with Crippen molar-refractivity contribution in [1.29, 1.82) is 0 Å². The van der Waals surface area contributed by atoms with Crippen molar-refractivity contribution in [3.05, 3.63) is 29.3 Å². The van der Waals surface area contributed by atoms with Crippen LogP contribution < -0.4 is 10.0 Å². The fraction of sp³-hybridized carbons (Fsp3) is 0.529. The van der Waals surface area contributed by atoms with E-state index in [0.29, 0.717) is 0 Å². The van der Waals surface area contributed by atoms with Crippen molar-refractivity contribution in [1.82, 2.24) is 10.0 Å². The van der Waals surface area contributed by atoms with Crippen LogP contribution in [0.25, 0.3) is 0 Å². The Balaban J connectivity index is 2.49. The van der Waals surface area contributed by atoms with Crippen molar-refractivity contribution in [2.24, 2.45) is 5.92 Å². The fourth-order valence-electron chi connectivity index (χ4n) is 2.72. The maximum atomic E-state index is 12.7. The molecule has 0 saturated heterocycles. The average molecular weight is 465 g/mol. The third kappa shape index (κ3) is 5.56. The number of thiophene rings is 1. The number of aliphatic hydroxyl groups excluding tert-OH is 3. The van der Waals surface area contributed by atoms with Gasteiger partial charge < -0.3 is 30.5 Å². The summed E-state index contributed by atoms with van der Waals surface area (Å²) in [4.78, 5) is 23.8. The highest BCUT2D eigenvalue weighted by atomic mass is 32.2. The Morgan fingerprint density at radius 1 is 1.30 bits per heavy atom. The number of ether oxygens (including phenoxy) is 1. The molecule has 1 aromatic rings. The fourth-order valence-corrected chi connectivity index (χ4v) is 4.94. The van der Waals surface area contributed by atoms with Gasteiger partial charge in [0.2, 0.25) is 11.7 Å². The van der Waals surface area contributed by atoms with Crippen LogP contribution in [-0.2, 0) is 24.3 Å². The summed E-state index contributed by atoms with van der Waals surface area (Å²) in [6.07, 6.45) is -4.16. The zero-order valence-corrected chi connectivity index (χ0v) is 17.8. The Kier molecular flexibility index (Phi) is 7.96. The van der Waals surface area contributed by atoms with Crippen LogP contribution in [0.3, 0.4) is 0 Å². The molecule has 13 heteroatoms. The van der Waals surface area contributed by atoms with Crippen LogP contribution in [0.5, 0.6) is 0 Å². The summed E-state index contributed by atoms with van der Waals surface area (Å²) >= 11 is 0.933. The zero-order chi connectivity index (χ0) is 22.6. The zero-order valence-electron chi connectivity index (χ0n) is 16.1. The Morgan fingerprint density at radius 2 is 1.97 bits per heavy atom. The minimum Gasteiger partial charge on any atom is -0.478 e. The molecule has 0 fully saturated rings. The van der Waals surface area contributed by atoms with E-state index in [1.54, 1.807) is 19.2 Å². The summed E-state index contributed by atoms with van der Waals surface area (Å²) in [7, 11) is -4.10. The van der Waals surface area contributed by atoms with Gasteiger partial charge >= 0.3 is 5.97 Å². The normalized spacial score (nSPS) is 23.9. The van der Waals surface area contributed by atoms with Crippen LogP contribution in [0.2, 0.25) is 0 Å². The molecule has 0 bridgehead atoms. The predicted molar refractivity (Wildman–Crippen MR) is 105 cm³/mol. The largest absolute Gasteiger partial charge is 0.478 e. The molecule has 0 radical (unpaired) electrons. The van der Waals surface area contributed by atoms with Gasteiger partial charge in [-0.3, -0.25) is 4.79 Å². The van der Waals surface area contributed by atoms with E-state index in [2.05, 4.69) is 10.0 Å². The first-order valence-electron chi connectivity index (χ1n) is 8.93. The van der Waals surface area contributed by atoms with Gasteiger partial charge in [-0.05, 0) is 17.5 Å². The third-order valence-electron chi connectivity index (χ3n) is 4.35. The summed E-state index contributed by atoms with van der Waals surface area (Å²) < 4.78 is 32.9. The van der Waals surface area contributed by atoms with Crippen molar-refractivity contribution in [2.45, 2.75) is 48.5 Å². The number of amides is 1. The van der Waals surface area contributed by atoms with Gasteiger partial charge in [0.1, 0.15) is 22.5 Å². The summed E-state index contributed by atoms with van der Waals surface area (Å²) in [5, 5.41) is 42.8. The van der Waals surface area contributed by atoms with Gasteiger partial charge in [-0.1, -0.05) is 19.9 Å². The molecular formula is C17H24N2O9S2. The monoisotopic (exact) mass is 464 g/mol. The molecule has 0 saturated carbocycles. The van der Waals surface area contributed by atoms with Crippen LogP contribution in [-0.4, -0.2) is 77.7 Å². The Bertz CT molecular complexity index is 883. The molecule has 168 valence electrons. The van der Waals surface area contributed by atoms with Gasteiger partial charge in [0.15, 0.2) is 0 Å². The van der Waals surface area contributed by atoms with E-state index < -0.39 is 70.6 Å². The van der Waals surface area contributed by atoms with E-state index in [1.807, 2.05) is 0 Å². The first-order chi connectivity index (χ1) is 14.0. The topological polar surface area (TPSA) is 182 Å². The minimum atomic E-state index is -4.10. The van der Waals surface area contributed by atoms with Crippen LogP contribution in [0.15, 0.2) is 33.6 Å². The van der Waals surface area contributed by atoms with E-state index in [1.165, 1.54) is 12.1 Å². The summed E-state index contributed by atoms with van der Waals surface area (Å²) in [5.41, 5.74) is 0. The lowest BCUT2D eigenvalue weighted by atomic mass is 9.92. The predicted octanol–water partition coefficient (Wildman–Crippen LogP) is -1.38. The van der Waals surface area contributed by atoms with Gasteiger partial charge in [-0.25, -0.2) is 17.9 Å². The number of nitrogens with one attached hydrogen (secondary N) is 2. The van der Waals surface area contributed by atoms with E-state index in [0.717, 1.165) is 17.4 Å². The molecule has 0 unspecified atom stereocenters. The van der Waals surface area contributed by atoms with E-state index in [9.17, 15) is 33.3 Å². The van der Waals surface area contributed by atoms with Crippen LogP contribution in [0.1, 0.15) is 13.8 Å². The molecule has 1 aliphatic rings. The quantitative estimate of drug-likeness (QED) is 0.256. The maximum absolute atomic E-state index is 12.7. The average Bonchev–Trinajstić information content (AvgIpc) is 3.23. The van der Waals surface area contributed by atoms with Gasteiger partial charge in [0.25, 0.3) is 10.0 Å². The number of carbonyl (C=O) groups excluding carboxylic acids is 1. The maximum Gasteiger partial charge on any atom is 0.370 e. The molecule has 1 amide bonds. The lowest BCUT2D eigenvalue weighted by Crippen LogP contribution is -2.64. The van der Waals surface area contributed by atoms with E-state index >= 15 is 0 Å². The number of aliphatic hydroxyl groups is 3. The summed E-state index contributed by atoms with van der Waals surface area (Å²) in [6, 6.07) is 0.251. The molecule has 5 atom stereocenters. The molecule has 6 N–H and O–H groups in total. The van der Waals surface area contributed by atoms with Crippen molar-refractivity contribution in [2.75, 3.05) is 6.61 Å². The van der Waals surface area contributed by atoms with Crippen LogP contribution in [0, 0.1) is 5.92 Å². The number of carbonyl (C=O) groups is 2. The molecule has 0 aromatic carbocycles. The molecule has 2 heterocycles. The number of rotatable bonds is 9. The molecule has 0 spiro atoms. The highest BCUT2D eigenvalue weighted by Crippen LogP contribution is 2.25. The van der Waals surface area contributed by atoms with Crippen molar-refractivity contribution >= 4 is 33.2 Å². The molecule has 1 aliphatic heterocycles. The Hall–Kier alpha value is -2.03. The Morgan fingerprint density at radius 3 is 2.47 bits per heavy atom. The second-order valence-electron chi connectivity index (χ2n) is 6.93. The molecule has 2 rings (SSSR count). The molecule has 30 heavy (non-hydrogen) atoms. The second-order valence-corrected chi connectivity index (χ2v) is 9.82. The number of hydrogen-bond acceptors (Lipinski definition) is 9. The molecule has 0 aliphatic carbocycles. The standard InChI is InChI=1S/C17H24N2O9S2/c1-8(2)16(23)18-13-9(19-30(26,27)12-4-3-5-29-12)6-11(17(24)25)28-15(13)14(22)10(21)7-20/h3-6,8-10,13-15,19-22H,7H2,1-2H3,(H,18,23)(H,24,25)/t9-,10+,13+,14+,15+/m0/s1. The first kappa shape index (κ1) is 24.2. The second kappa shape index (κ2) is 9.85. The highest BCUT2D eigenvalue weighted by molar-refractivity contribution is 7.91. The molecular weight excluding hydrogens is 440 g/mol. The smallest absolute Gasteiger partial charge is 0.370 e. The summed E-state index contributed by atoms with van der Waals surface area (Å²) in [6.45, 7) is 2.29. The number of hydrogen-bond donors (Lipinski definition) is 6. The first-order valence-corrected chi connectivity index (χ1v) is 11.3. The van der Waals surface area contributed by atoms with Crippen LogP contribution in [0.4, 0.5) is 0 Å². The lowest BCUT2D eigenvalue weighted by Gasteiger charge is -2.40. The SMILES string of the molecule is CC(C)C(=O)N[C@H]1[C@H]([C@H](O)[C@H](O)CO)OC(C(=O)O)=C[C@@H]1NS(=O)(=O)c1cccs1. The minimum absolute atomic E-state index is 0.0410. The van der Waals surface area contributed by atoms with E-state index in [4.69, 9.17) is 9.84 Å². The van der Waals surface area contributed by atoms with E-state index in [-0.39, 0.29) is 4.21 Å². The summed E-state index contributed by atoms with van der Waals surface area (Å²) in [5.74, 6) is -3.27. The van der Waals surface area contributed by atoms with Crippen molar-refractivity contribution in [3.8, 4) is 0 Å². The third-order valence-corrected chi connectivity index (χ3v) is 7.20. The van der Waals surface area contributed by atoms with Crippen molar-refractivity contribution in [3.63, 3.8) is 0 Å².